The van der Waals surface area contributed by atoms with Crippen molar-refractivity contribution in [2.75, 3.05) is 0 Å². The molecule has 0 saturated carbocycles. The highest BCUT2D eigenvalue weighted by Crippen LogP contribution is 2.29. The van der Waals surface area contributed by atoms with Crippen molar-refractivity contribution in [1.82, 2.24) is 4.98 Å². The third-order valence-corrected chi connectivity index (χ3v) is 4.84. The standard InChI is InChI=1S/C15H12Cl2N2S/c16-10-6-5-9(11(17)8-10)7-12(18)15-19-13-3-1-2-4-14(13)20-15/h1-6,8,12H,7,18H2. The molecule has 0 bridgehead atoms. The van der Waals surface area contributed by atoms with Gasteiger partial charge in [-0.2, -0.15) is 0 Å². The number of benzene rings is 2. The highest BCUT2D eigenvalue weighted by atomic mass is 35.5. The van der Waals surface area contributed by atoms with E-state index in [4.69, 9.17) is 28.9 Å². The van der Waals surface area contributed by atoms with Crippen LogP contribution in [0.2, 0.25) is 10.0 Å². The van der Waals surface area contributed by atoms with Gasteiger partial charge in [-0.1, -0.05) is 41.4 Å². The zero-order valence-corrected chi connectivity index (χ0v) is 12.8. The van der Waals surface area contributed by atoms with Crippen LogP contribution in [-0.2, 0) is 6.42 Å². The van der Waals surface area contributed by atoms with Gasteiger partial charge >= 0.3 is 0 Å². The van der Waals surface area contributed by atoms with Gasteiger partial charge < -0.3 is 5.73 Å². The van der Waals surface area contributed by atoms with Gasteiger partial charge in [0.15, 0.2) is 0 Å². The van der Waals surface area contributed by atoms with Gasteiger partial charge in [0.25, 0.3) is 0 Å². The molecule has 0 aliphatic rings. The van der Waals surface area contributed by atoms with Crippen LogP contribution in [0.15, 0.2) is 42.5 Å². The van der Waals surface area contributed by atoms with Crippen molar-refractivity contribution < 1.29 is 0 Å². The first-order valence-electron chi connectivity index (χ1n) is 6.18. The van der Waals surface area contributed by atoms with Crippen molar-refractivity contribution in [3.63, 3.8) is 0 Å². The normalized spacial score (nSPS) is 12.8. The Hall–Kier alpha value is -1.13. The fourth-order valence-electron chi connectivity index (χ4n) is 2.06. The first-order valence-corrected chi connectivity index (χ1v) is 7.76. The SMILES string of the molecule is NC(Cc1ccc(Cl)cc1Cl)c1nc2ccccc2s1. The molecule has 0 fully saturated rings. The van der Waals surface area contributed by atoms with E-state index in [2.05, 4.69) is 11.1 Å². The summed E-state index contributed by atoms with van der Waals surface area (Å²) in [5.41, 5.74) is 8.23. The van der Waals surface area contributed by atoms with Crippen LogP contribution in [0.25, 0.3) is 10.2 Å². The van der Waals surface area contributed by atoms with E-state index in [1.165, 1.54) is 0 Å². The number of hydrogen-bond donors (Lipinski definition) is 1. The predicted octanol–water partition coefficient (Wildman–Crippen LogP) is 4.85. The van der Waals surface area contributed by atoms with E-state index in [0.717, 1.165) is 20.8 Å². The quantitative estimate of drug-likeness (QED) is 0.748. The van der Waals surface area contributed by atoms with Crippen LogP contribution < -0.4 is 5.73 Å². The lowest BCUT2D eigenvalue weighted by Crippen LogP contribution is -2.13. The molecule has 3 aromatic rings. The van der Waals surface area contributed by atoms with Crippen LogP contribution in [-0.4, -0.2) is 4.98 Å². The molecule has 0 amide bonds. The molecular formula is C15H12Cl2N2S. The molecule has 0 saturated heterocycles. The van der Waals surface area contributed by atoms with Gasteiger partial charge in [0, 0.05) is 10.0 Å². The number of hydrogen-bond acceptors (Lipinski definition) is 3. The maximum absolute atomic E-state index is 6.25. The Morgan fingerprint density at radius 1 is 1.15 bits per heavy atom. The lowest BCUT2D eigenvalue weighted by Gasteiger charge is -2.10. The Morgan fingerprint density at radius 2 is 1.95 bits per heavy atom. The molecule has 5 heteroatoms. The summed E-state index contributed by atoms with van der Waals surface area (Å²) in [6, 6.07) is 13.4. The number of nitrogens with zero attached hydrogens (tertiary/aromatic N) is 1. The van der Waals surface area contributed by atoms with Crippen molar-refractivity contribution in [2.45, 2.75) is 12.5 Å². The zero-order valence-electron chi connectivity index (χ0n) is 10.5. The van der Waals surface area contributed by atoms with Crippen molar-refractivity contribution in [2.24, 2.45) is 5.73 Å². The topological polar surface area (TPSA) is 38.9 Å². The molecule has 1 atom stereocenters. The number of halogens is 2. The van der Waals surface area contributed by atoms with Crippen molar-refractivity contribution in [1.29, 1.82) is 0 Å². The van der Waals surface area contributed by atoms with Gasteiger partial charge in [-0.3, -0.25) is 0 Å². The molecule has 1 aromatic heterocycles. The van der Waals surface area contributed by atoms with Crippen molar-refractivity contribution >= 4 is 44.8 Å². The van der Waals surface area contributed by atoms with Gasteiger partial charge in [0.05, 0.1) is 16.3 Å². The maximum atomic E-state index is 6.25. The summed E-state index contributed by atoms with van der Waals surface area (Å²) < 4.78 is 1.15. The lowest BCUT2D eigenvalue weighted by atomic mass is 10.1. The summed E-state index contributed by atoms with van der Waals surface area (Å²) in [7, 11) is 0. The number of para-hydroxylation sites is 1. The molecule has 2 nitrogen and oxygen atoms in total. The molecule has 0 aliphatic heterocycles. The van der Waals surface area contributed by atoms with E-state index in [9.17, 15) is 0 Å². The molecule has 2 aromatic carbocycles. The minimum Gasteiger partial charge on any atom is -0.322 e. The van der Waals surface area contributed by atoms with Crippen molar-refractivity contribution in [3.8, 4) is 0 Å². The Labute approximate surface area is 131 Å². The highest BCUT2D eigenvalue weighted by Gasteiger charge is 2.14. The second-order valence-corrected chi connectivity index (χ2v) is 6.47. The summed E-state index contributed by atoms with van der Waals surface area (Å²) in [6.07, 6.45) is 0.649. The van der Waals surface area contributed by atoms with Crippen LogP contribution in [0, 0.1) is 0 Å². The summed E-state index contributed by atoms with van der Waals surface area (Å²) in [5, 5.41) is 2.21. The van der Waals surface area contributed by atoms with E-state index in [0.29, 0.717) is 16.5 Å². The number of thiazole rings is 1. The molecule has 0 aliphatic carbocycles. The first-order chi connectivity index (χ1) is 9.63. The monoisotopic (exact) mass is 322 g/mol. The zero-order chi connectivity index (χ0) is 14.1. The maximum Gasteiger partial charge on any atom is 0.111 e. The summed E-state index contributed by atoms with van der Waals surface area (Å²) >= 11 is 13.7. The molecular weight excluding hydrogens is 311 g/mol. The van der Waals surface area contributed by atoms with E-state index in [-0.39, 0.29) is 6.04 Å². The van der Waals surface area contributed by atoms with Gasteiger partial charge in [0.2, 0.25) is 0 Å². The second-order valence-electron chi connectivity index (χ2n) is 4.57. The average molecular weight is 323 g/mol. The fraction of sp³-hybridized carbons (Fsp3) is 0.133. The Morgan fingerprint density at radius 3 is 2.70 bits per heavy atom. The van der Waals surface area contributed by atoms with Gasteiger partial charge in [0.1, 0.15) is 5.01 Å². The van der Waals surface area contributed by atoms with Crippen LogP contribution in [0.3, 0.4) is 0 Å². The van der Waals surface area contributed by atoms with E-state index in [1.807, 2.05) is 30.3 Å². The number of fused-ring (bicyclic) bond motifs is 1. The van der Waals surface area contributed by atoms with Gasteiger partial charge in [-0.15, -0.1) is 11.3 Å². The van der Waals surface area contributed by atoms with Crippen LogP contribution in [0.1, 0.15) is 16.6 Å². The second kappa shape index (κ2) is 5.70. The predicted molar refractivity (Wildman–Crippen MR) is 86.7 cm³/mol. The average Bonchev–Trinajstić information content (AvgIpc) is 2.86. The van der Waals surface area contributed by atoms with E-state index in [1.54, 1.807) is 17.4 Å². The largest absolute Gasteiger partial charge is 0.322 e. The number of rotatable bonds is 3. The summed E-state index contributed by atoms with van der Waals surface area (Å²) in [5.74, 6) is 0. The lowest BCUT2D eigenvalue weighted by molar-refractivity contribution is 0.717. The molecule has 20 heavy (non-hydrogen) atoms. The van der Waals surface area contributed by atoms with Gasteiger partial charge in [-0.05, 0) is 36.2 Å². The smallest absolute Gasteiger partial charge is 0.111 e. The molecule has 0 spiro atoms. The molecule has 2 N–H and O–H groups in total. The van der Waals surface area contributed by atoms with Crippen LogP contribution in [0.5, 0.6) is 0 Å². The number of aromatic nitrogens is 1. The molecule has 1 unspecified atom stereocenters. The Kier molecular flexibility index (Phi) is 3.94. The Bertz CT molecular complexity index is 721. The fourth-order valence-corrected chi connectivity index (χ4v) is 3.51. The van der Waals surface area contributed by atoms with Gasteiger partial charge in [-0.25, -0.2) is 4.98 Å². The molecule has 3 rings (SSSR count). The number of nitrogens with two attached hydrogens (primary N) is 1. The van der Waals surface area contributed by atoms with E-state index < -0.39 is 0 Å². The molecule has 0 radical (unpaired) electrons. The molecule has 1 heterocycles. The summed E-state index contributed by atoms with van der Waals surface area (Å²) in [4.78, 5) is 4.58. The third kappa shape index (κ3) is 2.81. The first kappa shape index (κ1) is 13.8. The third-order valence-electron chi connectivity index (χ3n) is 3.08. The van der Waals surface area contributed by atoms with Crippen molar-refractivity contribution in [3.05, 3.63) is 63.1 Å². The van der Waals surface area contributed by atoms with E-state index >= 15 is 0 Å². The minimum atomic E-state index is -0.161. The minimum absolute atomic E-state index is 0.161. The summed E-state index contributed by atoms with van der Waals surface area (Å²) in [6.45, 7) is 0. The molecule has 102 valence electrons. The highest BCUT2D eigenvalue weighted by molar-refractivity contribution is 7.18. The van der Waals surface area contributed by atoms with Crippen LogP contribution >= 0.6 is 34.5 Å². The van der Waals surface area contributed by atoms with Crippen LogP contribution in [0.4, 0.5) is 0 Å². The Balaban J connectivity index is 1.86.